The first-order valence-corrected chi connectivity index (χ1v) is 9.52. The maximum atomic E-state index is 11.5. The third kappa shape index (κ3) is 7.84. The minimum absolute atomic E-state index is 0.320. The van der Waals surface area contributed by atoms with Crippen LogP contribution in [0.1, 0.15) is 35.0 Å². The Morgan fingerprint density at radius 2 is 2.00 bits per heavy atom. The Balaban J connectivity index is 1.66. The van der Waals surface area contributed by atoms with Crippen LogP contribution in [0.5, 0.6) is 0 Å². The Hall–Kier alpha value is -2.80. The number of guanidine groups is 1. The number of methoxy groups -OCH3 is 1. The van der Waals surface area contributed by atoms with Gasteiger partial charge >= 0.3 is 5.97 Å². The third-order valence-electron chi connectivity index (χ3n) is 3.97. The summed E-state index contributed by atoms with van der Waals surface area (Å²) in [6, 6.07) is 11.2. The van der Waals surface area contributed by atoms with Crippen molar-refractivity contribution in [2.75, 3.05) is 33.4 Å². The number of carbonyl (C=O) groups excluding carboxylic acids is 1. The first-order valence-electron chi connectivity index (χ1n) is 9.52. The van der Waals surface area contributed by atoms with E-state index in [4.69, 9.17) is 13.9 Å². The Kier molecular flexibility index (Phi) is 9.65. The van der Waals surface area contributed by atoms with Gasteiger partial charge in [0.15, 0.2) is 5.96 Å². The van der Waals surface area contributed by atoms with Gasteiger partial charge in [-0.05, 0) is 49.6 Å². The molecule has 28 heavy (non-hydrogen) atoms. The fraction of sp³-hybridized carbons (Fsp3) is 0.429. The summed E-state index contributed by atoms with van der Waals surface area (Å²) in [5.41, 5.74) is 1.70. The predicted molar refractivity (Wildman–Crippen MR) is 108 cm³/mol. The van der Waals surface area contributed by atoms with Crippen LogP contribution in [0.2, 0.25) is 0 Å². The molecule has 7 heteroatoms. The topological polar surface area (TPSA) is 85.1 Å². The second-order valence-electron chi connectivity index (χ2n) is 6.11. The van der Waals surface area contributed by atoms with Crippen LogP contribution in [-0.2, 0) is 22.5 Å². The van der Waals surface area contributed by atoms with E-state index in [1.807, 2.05) is 31.2 Å². The molecule has 0 radical (unpaired) electrons. The van der Waals surface area contributed by atoms with Crippen molar-refractivity contribution in [1.82, 2.24) is 10.6 Å². The first-order chi connectivity index (χ1) is 13.7. The lowest BCUT2D eigenvalue weighted by Crippen LogP contribution is -2.38. The Bertz CT molecular complexity index is 712. The van der Waals surface area contributed by atoms with Gasteiger partial charge in [0.25, 0.3) is 0 Å². The van der Waals surface area contributed by atoms with Crippen LogP contribution >= 0.6 is 0 Å². The summed E-state index contributed by atoms with van der Waals surface area (Å²) >= 11 is 0. The number of esters is 1. The monoisotopic (exact) mass is 387 g/mol. The molecule has 1 aromatic carbocycles. The molecule has 2 N–H and O–H groups in total. The summed E-state index contributed by atoms with van der Waals surface area (Å²) < 4.78 is 15.5. The molecule has 0 atom stereocenters. The molecule has 152 valence electrons. The standard InChI is InChI=1S/C21H29N3O4/c1-3-22-21(23-12-5-14-27-16-19-6-4-15-28-19)24-13-11-17-7-9-18(10-8-17)20(25)26-2/h4,6-10,15H,3,5,11-14,16H2,1-2H3,(H2,22,23,24). The number of ether oxygens (including phenoxy) is 2. The van der Waals surface area contributed by atoms with Gasteiger partial charge in [-0.2, -0.15) is 0 Å². The summed E-state index contributed by atoms with van der Waals surface area (Å²) in [5, 5.41) is 6.56. The highest BCUT2D eigenvalue weighted by molar-refractivity contribution is 5.89. The fourth-order valence-corrected chi connectivity index (χ4v) is 2.52. The summed E-state index contributed by atoms with van der Waals surface area (Å²) in [7, 11) is 1.38. The zero-order valence-corrected chi connectivity index (χ0v) is 16.6. The number of nitrogens with one attached hydrogen (secondary N) is 2. The van der Waals surface area contributed by atoms with Crippen LogP contribution in [-0.4, -0.2) is 45.3 Å². The first kappa shape index (κ1) is 21.5. The maximum Gasteiger partial charge on any atom is 0.337 e. The summed E-state index contributed by atoms with van der Waals surface area (Å²) in [5.74, 6) is 1.30. The van der Waals surface area contributed by atoms with Crippen LogP contribution in [0.15, 0.2) is 52.1 Å². The van der Waals surface area contributed by atoms with E-state index in [2.05, 4.69) is 15.6 Å². The van der Waals surface area contributed by atoms with E-state index in [1.54, 1.807) is 18.4 Å². The van der Waals surface area contributed by atoms with Crippen molar-refractivity contribution in [3.63, 3.8) is 0 Å². The van der Waals surface area contributed by atoms with E-state index in [0.717, 1.165) is 43.2 Å². The van der Waals surface area contributed by atoms with Gasteiger partial charge in [0, 0.05) is 26.2 Å². The minimum Gasteiger partial charge on any atom is -0.467 e. The van der Waals surface area contributed by atoms with Crippen molar-refractivity contribution in [1.29, 1.82) is 0 Å². The number of aliphatic imine (C=N–C) groups is 1. The SMILES string of the molecule is CCNC(=NCCCOCc1ccco1)NCCc1ccc(C(=O)OC)cc1. The lowest BCUT2D eigenvalue weighted by atomic mass is 10.1. The molecular weight excluding hydrogens is 358 g/mol. The number of nitrogens with zero attached hydrogens (tertiary/aromatic N) is 1. The van der Waals surface area contributed by atoms with Gasteiger partial charge in [0.1, 0.15) is 12.4 Å². The second kappa shape index (κ2) is 12.6. The van der Waals surface area contributed by atoms with Gasteiger partial charge in [-0.1, -0.05) is 12.1 Å². The van der Waals surface area contributed by atoms with Crippen LogP contribution in [0.25, 0.3) is 0 Å². The summed E-state index contributed by atoms with van der Waals surface area (Å²) in [6.07, 6.45) is 3.31. The van der Waals surface area contributed by atoms with E-state index in [9.17, 15) is 4.79 Å². The highest BCUT2D eigenvalue weighted by Crippen LogP contribution is 2.06. The van der Waals surface area contributed by atoms with E-state index in [1.165, 1.54) is 7.11 Å². The van der Waals surface area contributed by atoms with E-state index < -0.39 is 0 Å². The molecule has 0 aliphatic heterocycles. The molecule has 2 aromatic rings. The van der Waals surface area contributed by atoms with Crippen molar-refractivity contribution in [3.05, 3.63) is 59.5 Å². The molecule has 0 bridgehead atoms. The normalized spacial score (nSPS) is 11.3. The predicted octanol–water partition coefficient (Wildman–Crippen LogP) is 2.77. The molecule has 0 spiro atoms. The molecule has 0 aliphatic rings. The molecule has 1 aromatic heterocycles. The van der Waals surface area contributed by atoms with Crippen LogP contribution in [0, 0.1) is 0 Å². The molecule has 0 amide bonds. The van der Waals surface area contributed by atoms with Gasteiger partial charge in [0.2, 0.25) is 0 Å². The second-order valence-corrected chi connectivity index (χ2v) is 6.11. The third-order valence-corrected chi connectivity index (χ3v) is 3.97. The fourth-order valence-electron chi connectivity index (χ4n) is 2.52. The minimum atomic E-state index is -0.320. The van der Waals surface area contributed by atoms with E-state index in [0.29, 0.717) is 25.3 Å². The van der Waals surface area contributed by atoms with Gasteiger partial charge in [0.05, 0.1) is 18.9 Å². The van der Waals surface area contributed by atoms with Crippen LogP contribution in [0.4, 0.5) is 0 Å². The van der Waals surface area contributed by atoms with Gasteiger partial charge in [-0.25, -0.2) is 4.79 Å². The molecule has 7 nitrogen and oxygen atoms in total. The van der Waals surface area contributed by atoms with Crippen molar-refractivity contribution >= 4 is 11.9 Å². The highest BCUT2D eigenvalue weighted by Gasteiger charge is 2.04. The lowest BCUT2D eigenvalue weighted by molar-refractivity contribution is 0.0600. The quantitative estimate of drug-likeness (QED) is 0.267. The van der Waals surface area contributed by atoms with E-state index in [-0.39, 0.29) is 5.97 Å². The Morgan fingerprint density at radius 1 is 1.18 bits per heavy atom. The average Bonchev–Trinajstić information content (AvgIpc) is 3.24. The van der Waals surface area contributed by atoms with Gasteiger partial charge in [-0.3, -0.25) is 4.99 Å². The van der Waals surface area contributed by atoms with Gasteiger partial charge in [-0.15, -0.1) is 0 Å². The maximum absolute atomic E-state index is 11.5. The summed E-state index contributed by atoms with van der Waals surface area (Å²) in [4.78, 5) is 16.0. The number of hydrogen-bond acceptors (Lipinski definition) is 5. The molecule has 0 fully saturated rings. The largest absolute Gasteiger partial charge is 0.467 e. The number of furan rings is 1. The highest BCUT2D eigenvalue weighted by atomic mass is 16.5. The van der Waals surface area contributed by atoms with E-state index >= 15 is 0 Å². The molecular formula is C21H29N3O4. The molecule has 2 rings (SSSR count). The smallest absolute Gasteiger partial charge is 0.337 e. The van der Waals surface area contributed by atoms with Crippen molar-refractivity contribution < 1.29 is 18.7 Å². The molecule has 0 saturated heterocycles. The molecule has 1 heterocycles. The number of hydrogen-bond donors (Lipinski definition) is 2. The molecule has 0 unspecified atom stereocenters. The van der Waals surface area contributed by atoms with Gasteiger partial charge < -0.3 is 24.5 Å². The van der Waals surface area contributed by atoms with Crippen molar-refractivity contribution in [2.24, 2.45) is 4.99 Å². The van der Waals surface area contributed by atoms with Crippen molar-refractivity contribution in [3.8, 4) is 0 Å². The number of carbonyl (C=O) groups is 1. The zero-order valence-electron chi connectivity index (χ0n) is 16.6. The average molecular weight is 387 g/mol. The van der Waals surface area contributed by atoms with Crippen LogP contribution in [0.3, 0.4) is 0 Å². The Labute approximate surface area is 166 Å². The Morgan fingerprint density at radius 3 is 2.68 bits per heavy atom. The lowest BCUT2D eigenvalue weighted by Gasteiger charge is -2.11. The molecule has 0 aliphatic carbocycles. The van der Waals surface area contributed by atoms with Crippen LogP contribution < -0.4 is 10.6 Å². The summed E-state index contributed by atoms with van der Waals surface area (Å²) in [6.45, 7) is 5.39. The van der Waals surface area contributed by atoms with Crippen molar-refractivity contribution in [2.45, 2.75) is 26.4 Å². The number of benzene rings is 1. The number of rotatable bonds is 11. The zero-order chi connectivity index (χ0) is 20.0. The molecule has 0 saturated carbocycles.